The Hall–Kier alpha value is -0.870. The highest BCUT2D eigenvalue weighted by Gasteiger charge is 2.12. The Bertz CT molecular complexity index is 534. The molecule has 0 fully saturated rings. The molecule has 0 aliphatic heterocycles. The molecule has 0 amide bonds. The molecule has 1 heterocycles. The van der Waals surface area contributed by atoms with Crippen molar-refractivity contribution < 1.29 is 0 Å². The van der Waals surface area contributed by atoms with E-state index in [1.54, 1.807) is 0 Å². The molecule has 0 radical (unpaired) electrons. The van der Waals surface area contributed by atoms with E-state index in [9.17, 15) is 0 Å². The van der Waals surface area contributed by atoms with Crippen LogP contribution in [0.25, 0.3) is 0 Å². The van der Waals surface area contributed by atoms with Crippen molar-refractivity contribution >= 4 is 27.5 Å². The van der Waals surface area contributed by atoms with Gasteiger partial charge in [-0.05, 0) is 23.6 Å². The minimum Gasteiger partial charge on any atom is -0.314 e. The van der Waals surface area contributed by atoms with E-state index in [4.69, 9.17) is 11.6 Å². The van der Waals surface area contributed by atoms with Crippen LogP contribution in [0.2, 0.25) is 5.02 Å². The number of hydrogen-bond donors (Lipinski definition) is 0. The highest BCUT2D eigenvalue weighted by molar-refractivity contribution is 9.08. The number of benzene rings is 1. The van der Waals surface area contributed by atoms with E-state index in [1.165, 1.54) is 5.56 Å². The Balaban J connectivity index is 2.24. The van der Waals surface area contributed by atoms with Crippen molar-refractivity contribution in [1.82, 2.24) is 14.8 Å². The number of nitrogens with zero attached hydrogens (tertiary/aromatic N) is 3. The second-order valence-electron chi connectivity index (χ2n) is 4.97. The van der Waals surface area contributed by atoms with Gasteiger partial charge in [0.25, 0.3) is 0 Å². The maximum Gasteiger partial charge on any atom is 0.143 e. The van der Waals surface area contributed by atoms with Gasteiger partial charge < -0.3 is 4.57 Å². The maximum atomic E-state index is 5.90. The summed E-state index contributed by atoms with van der Waals surface area (Å²) in [5, 5.41) is 10.0. The molecule has 0 aliphatic rings. The second kappa shape index (κ2) is 6.53. The highest BCUT2D eigenvalue weighted by Crippen LogP contribution is 2.15. The van der Waals surface area contributed by atoms with Gasteiger partial charge in [-0.2, -0.15) is 0 Å². The average molecular weight is 343 g/mol. The molecule has 102 valence electrons. The molecule has 1 aromatic carbocycles. The van der Waals surface area contributed by atoms with Gasteiger partial charge >= 0.3 is 0 Å². The molecule has 0 unspecified atom stereocenters. The van der Waals surface area contributed by atoms with E-state index in [2.05, 4.69) is 44.5 Å². The molecule has 2 rings (SSSR count). The van der Waals surface area contributed by atoms with E-state index in [-0.39, 0.29) is 0 Å². The third-order valence-electron chi connectivity index (χ3n) is 2.85. The lowest BCUT2D eigenvalue weighted by Gasteiger charge is -2.11. The Morgan fingerprint density at radius 2 is 1.79 bits per heavy atom. The molecule has 19 heavy (non-hydrogen) atoms. The molecule has 0 saturated carbocycles. The smallest absolute Gasteiger partial charge is 0.143 e. The summed E-state index contributed by atoms with van der Waals surface area (Å²) in [6.07, 6.45) is 0.782. The van der Waals surface area contributed by atoms with Crippen LogP contribution in [0.4, 0.5) is 0 Å². The molecule has 1 aromatic heterocycles. The quantitative estimate of drug-likeness (QED) is 0.767. The average Bonchev–Trinajstić information content (AvgIpc) is 2.74. The van der Waals surface area contributed by atoms with E-state index in [1.807, 2.05) is 24.3 Å². The second-order valence-corrected chi connectivity index (χ2v) is 5.97. The molecule has 0 bridgehead atoms. The first-order valence-corrected chi connectivity index (χ1v) is 7.81. The molecular weight excluding hydrogens is 326 g/mol. The third-order valence-corrected chi connectivity index (χ3v) is 3.60. The number of halogens is 2. The zero-order valence-corrected chi connectivity index (χ0v) is 13.4. The molecule has 5 heteroatoms. The topological polar surface area (TPSA) is 30.7 Å². The summed E-state index contributed by atoms with van der Waals surface area (Å²) in [6.45, 7) is 5.34. The van der Waals surface area contributed by atoms with Crippen LogP contribution in [0.3, 0.4) is 0 Å². The van der Waals surface area contributed by atoms with Crippen LogP contribution < -0.4 is 0 Å². The van der Waals surface area contributed by atoms with Crippen LogP contribution in [0.1, 0.15) is 31.1 Å². The lowest BCUT2D eigenvalue weighted by molar-refractivity contribution is 0.500. The third kappa shape index (κ3) is 3.80. The zero-order chi connectivity index (χ0) is 13.8. The van der Waals surface area contributed by atoms with Crippen molar-refractivity contribution in [1.29, 1.82) is 0 Å². The zero-order valence-electron chi connectivity index (χ0n) is 11.1. The normalized spacial score (nSPS) is 11.2. The lowest BCUT2D eigenvalue weighted by atomic mass is 10.1. The summed E-state index contributed by atoms with van der Waals surface area (Å²) in [4.78, 5) is 0. The number of hydrogen-bond acceptors (Lipinski definition) is 2. The van der Waals surface area contributed by atoms with Crippen LogP contribution in [-0.2, 0) is 18.3 Å². The fourth-order valence-electron chi connectivity index (χ4n) is 1.96. The molecular formula is C14H17BrClN3. The molecule has 2 aromatic rings. The number of rotatable bonds is 5. The summed E-state index contributed by atoms with van der Waals surface area (Å²) < 4.78 is 2.20. The predicted molar refractivity (Wildman–Crippen MR) is 81.7 cm³/mol. The van der Waals surface area contributed by atoms with Crippen molar-refractivity contribution in [2.24, 2.45) is 5.92 Å². The Morgan fingerprint density at radius 3 is 2.37 bits per heavy atom. The fourth-order valence-corrected chi connectivity index (χ4v) is 2.50. The van der Waals surface area contributed by atoms with Crippen molar-refractivity contribution in [2.45, 2.75) is 32.1 Å². The molecule has 0 atom stereocenters. The first-order valence-electron chi connectivity index (χ1n) is 6.31. The number of alkyl halides is 1. The van der Waals surface area contributed by atoms with E-state index in [0.717, 1.165) is 35.0 Å². The molecule has 3 nitrogen and oxygen atoms in total. The first kappa shape index (κ1) is 14.5. The Kier molecular flexibility index (Phi) is 4.99. The molecule has 0 aliphatic carbocycles. The van der Waals surface area contributed by atoms with Crippen LogP contribution in [0.15, 0.2) is 24.3 Å². The highest BCUT2D eigenvalue weighted by atomic mass is 79.9. The summed E-state index contributed by atoms with van der Waals surface area (Å²) in [7, 11) is 0. The fraction of sp³-hybridized carbons (Fsp3) is 0.429. The van der Waals surface area contributed by atoms with Crippen LogP contribution >= 0.6 is 27.5 Å². The van der Waals surface area contributed by atoms with Crippen molar-refractivity contribution in [3.8, 4) is 0 Å². The summed E-state index contributed by atoms with van der Waals surface area (Å²) in [5.41, 5.74) is 1.20. The van der Waals surface area contributed by atoms with Gasteiger partial charge in [0, 0.05) is 18.0 Å². The standard InChI is InChI=1S/C14H17BrClN3/c1-10(2)9-19-13(17-18-14(19)8-15)7-11-3-5-12(16)6-4-11/h3-6,10H,7-9H2,1-2H3. The predicted octanol–water partition coefficient (Wildman–Crippen LogP) is 4.07. The monoisotopic (exact) mass is 341 g/mol. The van der Waals surface area contributed by atoms with Gasteiger partial charge in [-0.25, -0.2) is 0 Å². The summed E-state index contributed by atoms with van der Waals surface area (Å²) in [5.74, 6) is 2.56. The molecule has 0 N–H and O–H groups in total. The van der Waals surface area contributed by atoms with Gasteiger partial charge in [-0.1, -0.05) is 53.5 Å². The molecule has 0 spiro atoms. The summed E-state index contributed by atoms with van der Waals surface area (Å²) in [6, 6.07) is 7.88. The van der Waals surface area contributed by atoms with Gasteiger partial charge in [-0.3, -0.25) is 0 Å². The van der Waals surface area contributed by atoms with Gasteiger partial charge in [0.05, 0.1) is 5.33 Å². The van der Waals surface area contributed by atoms with Crippen LogP contribution in [0.5, 0.6) is 0 Å². The van der Waals surface area contributed by atoms with Gasteiger partial charge in [0.1, 0.15) is 11.6 Å². The minimum absolute atomic E-state index is 0.567. The van der Waals surface area contributed by atoms with Crippen LogP contribution in [0, 0.1) is 5.92 Å². The Labute approximate surface area is 127 Å². The van der Waals surface area contributed by atoms with E-state index >= 15 is 0 Å². The number of aromatic nitrogens is 3. The lowest BCUT2D eigenvalue weighted by Crippen LogP contribution is -2.11. The first-order chi connectivity index (χ1) is 9.10. The summed E-state index contributed by atoms with van der Waals surface area (Å²) >= 11 is 9.37. The Morgan fingerprint density at radius 1 is 1.16 bits per heavy atom. The minimum atomic E-state index is 0.567. The van der Waals surface area contributed by atoms with Gasteiger partial charge in [0.15, 0.2) is 0 Å². The van der Waals surface area contributed by atoms with E-state index < -0.39 is 0 Å². The van der Waals surface area contributed by atoms with Crippen molar-refractivity contribution in [3.63, 3.8) is 0 Å². The van der Waals surface area contributed by atoms with Gasteiger partial charge in [-0.15, -0.1) is 10.2 Å². The van der Waals surface area contributed by atoms with Gasteiger partial charge in [0.2, 0.25) is 0 Å². The van der Waals surface area contributed by atoms with Crippen molar-refractivity contribution in [2.75, 3.05) is 0 Å². The SMILES string of the molecule is CC(C)Cn1c(CBr)nnc1Cc1ccc(Cl)cc1. The maximum absolute atomic E-state index is 5.90. The molecule has 0 saturated heterocycles. The van der Waals surface area contributed by atoms with E-state index in [0.29, 0.717) is 5.92 Å². The van der Waals surface area contributed by atoms with Crippen LogP contribution in [-0.4, -0.2) is 14.8 Å². The largest absolute Gasteiger partial charge is 0.314 e. The van der Waals surface area contributed by atoms with Crippen molar-refractivity contribution in [3.05, 3.63) is 46.5 Å².